The Labute approximate surface area is 172 Å². The molecular formula is C23H29N5O. The van der Waals surface area contributed by atoms with Crippen LogP contribution in [0.15, 0.2) is 70.3 Å². The van der Waals surface area contributed by atoms with Crippen LogP contribution >= 0.6 is 0 Å². The molecule has 0 amide bonds. The van der Waals surface area contributed by atoms with Crippen molar-refractivity contribution in [2.24, 2.45) is 4.99 Å². The van der Waals surface area contributed by atoms with Gasteiger partial charge >= 0.3 is 0 Å². The van der Waals surface area contributed by atoms with Gasteiger partial charge in [0.25, 0.3) is 0 Å². The summed E-state index contributed by atoms with van der Waals surface area (Å²) in [5.74, 6) is 1.38. The van der Waals surface area contributed by atoms with Crippen molar-refractivity contribution in [2.75, 3.05) is 27.2 Å². The van der Waals surface area contributed by atoms with Gasteiger partial charge in [-0.1, -0.05) is 48.0 Å². The van der Waals surface area contributed by atoms with Crippen molar-refractivity contribution in [2.45, 2.75) is 20.0 Å². The van der Waals surface area contributed by atoms with E-state index in [9.17, 15) is 0 Å². The van der Waals surface area contributed by atoms with Gasteiger partial charge in [0, 0.05) is 32.2 Å². The van der Waals surface area contributed by atoms with Crippen molar-refractivity contribution in [3.63, 3.8) is 0 Å². The van der Waals surface area contributed by atoms with E-state index in [0.717, 1.165) is 36.9 Å². The Morgan fingerprint density at radius 3 is 2.55 bits per heavy atom. The third-order valence-electron chi connectivity index (χ3n) is 4.59. The third kappa shape index (κ3) is 6.47. The van der Waals surface area contributed by atoms with E-state index in [0.29, 0.717) is 12.4 Å². The number of oxazole rings is 1. The van der Waals surface area contributed by atoms with Gasteiger partial charge in [-0.2, -0.15) is 0 Å². The Balaban J connectivity index is 1.42. The molecule has 3 aromatic rings. The van der Waals surface area contributed by atoms with Crippen LogP contribution in [-0.4, -0.2) is 43.0 Å². The van der Waals surface area contributed by atoms with Gasteiger partial charge in [-0.25, -0.2) is 4.98 Å². The zero-order chi connectivity index (χ0) is 20.5. The number of guanidine groups is 1. The largest absolute Gasteiger partial charge is 0.444 e. The van der Waals surface area contributed by atoms with Crippen LogP contribution in [0.3, 0.4) is 0 Å². The lowest BCUT2D eigenvalue weighted by molar-refractivity contribution is 0.331. The zero-order valence-electron chi connectivity index (χ0n) is 17.4. The average Bonchev–Trinajstić information content (AvgIpc) is 3.21. The molecular weight excluding hydrogens is 362 g/mol. The van der Waals surface area contributed by atoms with E-state index in [1.807, 2.05) is 18.2 Å². The second-order valence-corrected chi connectivity index (χ2v) is 7.09. The SMILES string of the molecule is CN=C(NCCN(C)Cc1ccccc1)NCc1coc(-c2ccc(C)cc2)n1. The normalized spacial score (nSPS) is 11.7. The number of aromatic nitrogens is 1. The molecule has 0 saturated heterocycles. The highest BCUT2D eigenvalue weighted by atomic mass is 16.3. The molecule has 6 nitrogen and oxygen atoms in total. The molecule has 6 heteroatoms. The Hall–Kier alpha value is -3.12. The van der Waals surface area contributed by atoms with Gasteiger partial charge in [-0.15, -0.1) is 0 Å². The Bertz CT molecular complexity index is 903. The molecule has 0 aliphatic rings. The number of nitrogens with zero attached hydrogens (tertiary/aromatic N) is 3. The summed E-state index contributed by atoms with van der Waals surface area (Å²) in [7, 11) is 3.89. The van der Waals surface area contributed by atoms with Crippen LogP contribution in [0.5, 0.6) is 0 Å². The van der Waals surface area contributed by atoms with Crippen LogP contribution in [0.25, 0.3) is 11.5 Å². The predicted molar refractivity (Wildman–Crippen MR) is 118 cm³/mol. The highest BCUT2D eigenvalue weighted by molar-refractivity contribution is 5.79. The molecule has 3 rings (SSSR count). The van der Waals surface area contributed by atoms with Crippen molar-refractivity contribution in [1.82, 2.24) is 20.5 Å². The van der Waals surface area contributed by atoms with E-state index < -0.39 is 0 Å². The van der Waals surface area contributed by atoms with Crippen molar-refractivity contribution >= 4 is 5.96 Å². The van der Waals surface area contributed by atoms with Crippen LogP contribution in [0.4, 0.5) is 0 Å². The lowest BCUT2D eigenvalue weighted by atomic mass is 10.1. The first kappa shape index (κ1) is 20.6. The Kier molecular flexibility index (Phi) is 7.41. The second-order valence-electron chi connectivity index (χ2n) is 7.09. The van der Waals surface area contributed by atoms with E-state index in [1.165, 1.54) is 11.1 Å². The number of benzene rings is 2. The van der Waals surface area contributed by atoms with E-state index in [4.69, 9.17) is 4.42 Å². The van der Waals surface area contributed by atoms with E-state index in [1.54, 1.807) is 13.3 Å². The van der Waals surface area contributed by atoms with Crippen molar-refractivity contribution in [3.05, 3.63) is 77.7 Å². The molecule has 0 radical (unpaired) electrons. The predicted octanol–water partition coefficient (Wildman–Crippen LogP) is 3.45. The maximum Gasteiger partial charge on any atom is 0.226 e. The molecule has 0 spiro atoms. The van der Waals surface area contributed by atoms with Gasteiger partial charge in [-0.3, -0.25) is 4.99 Å². The molecule has 0 atom stereocenters. The van der Waals surface area contributed by atoms with E-state index in [2.05, 4.69) is 75.9 Å². The van der Waals surface area contributed by atoms with E-state index >= 15 is 0 Å². The lowest BCUT2D eigenvalue weighted by Gasteiger charge is -2.18. The molecule has 0 aliphatic heterocycles. The summed E-state index contributed by atoms with van der Waals surface area (Å²) in [5, 5.41) is 6.62. The van der Waals surface area contributed by atoms with Crippen molar-refractivity contribution < 1.29 is 4.42 Å². The summed E-state index contributed by atoms with van der Waals surface area (Å²) in [6, 6.07) is 18.6. The molecule has 29 heavy (non-hydrogen) atoms. The Morgan fingerprint density at radius 2 is 1.83 bits per heavy atom. The number of hydrogen-bond acceptors (Lipinski definition) is 4. The highest BCUT2D eigenvalue weighted by Gasteiger charge is 2.07. The van der Waals surface area contributed by atoms with Crippen LogP contribution in [0.2, 0.25) is 0 Å². The minimum Gasteiger partial charge on any atom is -0.444 e. The minimum absolute atomic E-state index is 0.550. The van der Waals surface area contributed by atoms with Crippen molar-refractivity contribution in [3.8, 4) is 11.5 Å². The van der Waals surface area contributed by atoms with Gasteiger partial charge in [-0.05, 0) is 31.7 Å². The maximum atomic E-state index is 5.61. The van der Waals surface area contributed by atoms with Gasteiger partial charge in [0.2, 0.25) is 5.89 Å². The molecule has 1 heterocycles. The molecule has 0 saturated carbocycles. The molecule has 0 aliphatic carbocycles. The zero-order valence-corrected chi connectivity index (χ0v) is 17.4. The highest BCUT2D eigenvalue weighted by Crippen LogP contribution is 2.18. The number of rotatable bonds is 8. The summed E-state index contributed by atoms with van der Waals surface area (Å²) in [6.07, 6.45) is 1.68. The first-order valence-electron chi connectivity index (χ1n) is 9.82. The monoisotopic (exact) mass is 391 g/mol. The first-order valence-corrected chi connectivity index (χ1v) is 9.82. The number of likely N-dealkylation sites (N-methyl/N-ethyl adjacent to an activating group) is 1. The fraction of sp³-hybridized carbons (Fsp3) is 0.304. The third-order valence-corrected chi connectivity index (χ3v) is 4.59. The molecule has 2 N–H and O–H groups in total. The summed E-state index contributed by atoms with van der Waals surface area (Å²) in [5.41, 5.74) is 4.34. The second kappa shape index (κ2) is 10.4. The molecule has 1 aromatic heterocycles. The first-order chi connectivity index (χ1) is 14.1. The standard InChI is InChI=1S/C23H29N5O/c1-18-9-11-20(12-10-18)22-27-21(17-29-22)15-26-23(24-2)25-13-14-28(3)16-19-7-5-4-6-8-19/h4-12,17H,13-16H2,1-3H3,(H2,24,25,26). The van der Waals surface area contributed by atoms with Crippen LogP contribution in [0, 0.1) is 6.92 Å². The topological polar surface area (TPSA) is 65.7 Å². The van der Waals surface area contributed by atoms with Crippen LogP contribution in [-0.2, 0) is 13.1 Å². The van der Waals surface area contributed by atoms with Gasteiger partial charge in [0.05, 0.1) is 12.2 Å². The van der Waals surface area contributed by atoms with Crippen LogP contribution < -0.4 is 10.6 Å². The number of nitrogens with one attached hydrogen (secondary N) is 2. The fourth-order valence-electron chi connectivity index (χ4n) is 2.95. The quantitative estimate of drug-likeness (QED) is 0.455. The number of hydrogen-bond donors (Lipinski definition) is 2. The fourth-order valence-corrected chi connectivity index (χ4v) is 2.95. The van der Waals surface area contributed by atoms with Gasteiger partial charge in [0.15, 0.2) is 5.96 Å². The molecule has 152 valence electrons. The average molecular weight is 392 g/mol. The summed E-state index contributed by atoms with van der Waals surface area (Å²) < 4.78 is 5.61. The molecule has 0 bridgehead atoms. The lowest BCUT2D eigenvalue weighted by Crippen LogP contribution is -2.40. The summed E-state index contributed by atoms with van der Waals surface area (Å²) >= 11 is 0. The summed E-state index contributed by atoms with van der Waals surface area (Å²) in [6.45, 7) is 5.25. The van der Waals surface area contributed by atoms with Gasteiger partial charge < -0.3 is 20.0 Å². The smallest absolute Gasteiger partial charge is 0.226 e. The Morgan fingerprint density at radius 1 is 1.07 bits per heavy atom. The molecule has 0 unspecified atom stereocenters. The summed E-state index contributed by atoms with van der Waals surface area (Å²) in [4.78, 5) is 11.1. The van der Waals surface area contributed by atoms with Crippen molar-refractivity contribution in [1.29, 1.82) is 0 Å². The minimum atomic E-state index is 0.550. The number of aliphatic imine (C=N–C) groups is 1. The van der Waals surface area contributed by atoms with Gasteiger partial charge in [0.1, 0.15) is 6.26 Å². The maximum absolute atomic E-state index is 5.61. The van der Waals surface area contributed by atoms with E-state index in [-0.39, 0.29) is 0 Å². The molecule has 0 fully saturated rings. The van der Waals surface area contributed by atoms with Crippen LogP contribution in [0.1, 0.15) is 16.8 Å². The number of aryl methyl sites for hydroxylation is 1. The molecule has 2 aromatic carbocycles.